The Morgan fingerprint density at radius 2 is 1.57 bits per heavy atom. The van der Waals surface area contributed by atoms with Crippen LogP contribution in [0.4, 0.5) is 10.1 Å². The van der Waals surface area contributed by atoms with Crippen LogP contribution in [0.15, 0.2) is 98.8 Å². The van der Waals surface area contributed by atoms with Crippen molar-refractivity contribution in [3.05, 3.63) is 148 Å². The fourth-order valence-electron chi connectivity index (χ4n) is 9.54. The largest absolute Gasteiger partial charge is 0.503 e. The maximum Gasteiger partial charge on any atom is 0.347 e. The molecule has 2 aromatic heterocycles. The Morgan fingerprint density at radius 1 is 0.889 bits per heavy atom. The number of aromatic nitrogens is 5. The third-order valence-corrected chi connectivity index (χ3v) is 13.0. The van der Waals surface area contributed by atoms with Gasteiger partial charge >= 0.3 is 11.4 Å². The number of nitrogens with one attached hydrogen (secondary N) is 1. The van der Waals surface area contributed by atoms with Crippen molar-refractivity contribution in [2.24, 2.45) is 13.0 Å². The zero-order chi connectivity index (χ0) is 44.6. The van der Waals surface area contributed by atoms with E-state index in [0.717, 1.165) is 9.58 Å². The molecule has 324 valence electrons. The summed E-state index contributed by atoms with van der Waals surface area (Å²) in [6.45, 7) is -0.322. The Kier molecular flexibility index (Phi) is 10.2. The summed E-state index contributed by atoms with van der Waals surface area (Å²) in [5.74, 6) is -3.66. The number of ether oxygens (including phenoxy) is 3. The average Bonchev–Trinajstić information content (AvgIpc) is 3.65. The number of rotatable bonds is 10. The Bertz CT molecular complexity index is 3110. The number of phenolic OH excluding ortho intramolecular Hbond substituents is 1. The first kappa shape index (κ1) is 41.5. The first-order chi connectivity index (χ1) is 30.2. The van der Waals surface area contributed by atoms with Crippen LogP contribution in [0, 0.1) is 11.7 Å². The standard InChI is InChI=1S/C44H38Cl2FN7O9/c1-50-33-21-35(62-3)34(61-2)20-31(33)48-30(40(50)57)14-15-51-42(59)52-16-13-27-32(54(52)43(51)60)19-28-39(56)53(49-26-11-9-25(47)10-12-26)41(58)44(28,23-5-7-24(45)8-6-23)37(27)22-17-29(46)38(55)36(18-22)63-4/h5-13,17-18,20-21,28,32,37,49,55H,14-16,19H2,1-4H3/t28-,32+,37-,44+/m0/s1. The lowest BCUT2D eigenvalue weighted by molar-refractivity contribution is -0.138. The van der Waals surface area contributed by atoms with Crippen LogP contribution in [0.25, 0.3) is 11.0 Å². The number of carbonyl (C=O) groups excluding carboxylic acids is 2. The van der Waals surface area contributed by atoms with Crippen molar-refractivity contribution in [2.75, 3.05) is 26.8 Å². The van der Waals surface area contributed by atoms with E-state index in [-0.39, 0.29) is 53.8 Å². The molecule has 9 rings (SSSR count). The number of hydrogen-bond donors (Lipinski definition) is 2. The highest BCUT2D eigenvalue weighted by molar-refractivity contribution is 6.32. The van der Waals surface area contributed by atoms with Crippen LogP contribution < -0.4 is 36.6 Å². The summed E-state index contributed by atoms with van der Waals surface area (Å²) in [7, 11) is 5.88. The van der Waals surface area contributed by atoms with Gasteiger partial charge < -0.3 is 23.9 Å². The first-order valence-corrected chi connectivity index (χ1v) is 20.5. The van der Waals surface area contributed by atoms with Crippen LogP contribution in [0.3, 0.4) is 0 Å². The number of imide groups is 1. The quantitative estimate of drug-likeness (QED) is 0.138. The summed E-state index contributed by atoms with van der Waals surface area (Å²) in [6.07, 6.45) is 1.55. The Labute approximate surface area is 366 Å². The highest BCUT2D eigenvalue weighted by Gasteiger charge is 2.69. The maximum atomic E-state index is 15.4. The number of aryl methyl sites for hydroxylation is 2. The van der Waals surface area contributed by atoms with Crippen LogP contribution in [0.1, 0.15) is 35.2 Å². The number of allylic oxidation sites excluding steroid dienone is 2. The smallest absolute Gasteiger partial charge is 0.347 e. The number of anilines is 1. The normalized spacial score (nSPS) is 20.3. The van der Waals surface area contributed by atoms with Crippen LogP contribution in [-0.4, -0.2) is 66.7 Å². The van der Waals surface area contributed by atoms with E-state index < -0.39 is 57.9 Å². The van der Waals surface area contributed by atoms with Crippen LogP contribution in [0.2, 0.25) is 10.0 Å². The average molecular weight is 899 g/mol. The van der Waals surface area contributed by atoms with Gasteiger partial charge in [0.15, 0.2) is 23.0 Å². The van der Waals surface area contributed by atoms with Crippen molar-refractivity contribution in [1.82, 2.24) is 28.5 Å². The zero-order valence-corrected chi connectivity index (χ0v) is 35.6. The van der Waals surface area contributed by atoms with Gasteiger partial charge in [-0.3, -0.25) is 19.8 Å². The summed E-state index contributed by atoms with van der Waals surface area (Å²) in [5, 5.41) is 12.0. The van der Waals surface area contributed by atoms with Gasteiger partial charge in [0.05, 0.1) is 67.0 Å². The second-order valence-electron chi connectivity index (χ2n) is 15.5. The molecule has 1 saturated carbocycles. The van der Waals surface area contributed by atoms with Crippen LogP contribution in [0.5, 0.6) is 23.0 Å². The highest BCUT2D eigenvalue weighted by Crippen LogP contribution is 2.62. The summed E-state index contributed by atoms with van der Waals surface area (Å²) >= 11 is 13.0. The van der Waals surface area contributed by atoms with Crippen molar-refractivity contribution < 1.29 is 33.3 Å². The number of fused-ring (bicyclic) bond motifs is 5. The molecule has 0 bridgehead atoms. The summed E-state index contributed by atoms with van der Waals surface area (Å²) in [4.78, 5) is 77.4. The summed E-state index contributed by atoms with van der Waals surface area (Å²) in [5.41, 5.74) is 1.92. The van der Waals surface area contributed by atoms with E-state index in [4.69, 9.17) is 37.4 Å². The number of hydrazine groups is 1. The molecule has 4 atom stereocenters. The number of halogens is 3. The molecule has 0 radical (unpaired) electrons. The van der Waals surface area contributed by atoms with Gasteiger partial charge in [-0.15, -0.1) is 0 Å². The number of carbonyl (C=O) groups is 2. The number of benzene rings is 4. The van der Waals surface area contributed by atoms with Gasteiger partial charge in [0.25, 0.3) is 17.4 Å². The van der Waals surface area contributed by atoms with E-state index in [2.05, 4.69) is 10.4 Å². The molecule has 4 aromatic carbocycles. The number of amides is 2. The Morgan fingerprint density at radius 3 is 2.25 bits per heavy atom. The van der Waals surface area contributed by atoms with E-state index in [1.165, 1.54) is 71.7 Å². The van der Waals surface area contributed by atoms with E-state index in [1.807, 2.05) is 0 Å². The molecule has 1 saturated heterocycles. The minimum atomic E-state index is -1.73. The number of phenols is 1. The molecule has 3 aliphatic rings. The molecule has 1 aliphatic carbocycles. The van der Waals surface area contributed by atoms with Crippen molar-refractivity contribution >= 4 is 51.7 Å². The lowest BCUT2D eigenvalue weighted by Crippen LogP contribution is -2.53. The maximum absolute atomic E-state index is 15.4. The molecule has 2 amide bonds. The van der Waals surface area contributed by atoms with Gasteiger partial charge in [0.1, 0.15) is 11.5 Å². The molecule has 63 heavy (non-hydrogen) atoms. The molecule has 0 unspecified atom stereocenters. The minimum Gasteiger partial charge on any atom is -0.503 e. The summed E-state index contributed by atoms with van der Waals surface area (Å²) < 4.78 is 35.3. The van der Waals surface area contributed by atoms with Gasteiger partial charge in [-0.05, 0) is 71.7 Å². The van der Waals surface area contributed by atoms with Gasteiger partial charge in [0, 0.05) is 43.1 Å². The molecule has 19 heteroatoms. The zero-order valence-electron chi connectivity index (χ0n) is 34.1. The second-order valence-corrected chi connectivity index (χ2v) is 16.3. The highest BCUT2D eigenvalue weighted by atomic mass is 35.5. The number of methoxy groups -OCH3 is 3. The monoisotopic (exact) mass is 897 g/mol. The molecule has 16 nitrogen and oxygen atoms in total. The van der Waals surface area contributed by atoms with Gasteiger partial charge in [-0.2, -0.15) is 5.01 Å². The lowest BCUT2D eigenvalue weighted by Gasteiger charge is -2.49. The van der Waals surface area contributed by atoms with E-state index in [9.17, 15) is 28.7 Å². The predicted octanol–water partition coefficient (Wildman–Crippen LogP) is 5.10. The van der Waals surface area contributed by atoms with Crippen LogP contribution >= 0.6 is 23.2 Å². The number of aromatic hydroxyl groups is 1. The van der Waals surface area contributed by atoms with Gasteiger partial charge in [0.2, 0.25) is 0 Å². The Hall–Kier alpha value is -6.85. The molecule has 6 aromatic rings. The molecule has 2 fully saturated rings. The molecular weight excluding hydrogens is 860 g/mol. The van der Waals surface area contributed by atoms with Crippen LogP contribution in [-0.2, 0) is 41.6 Å². The van der Waals surface area contributed by atoms with Crippen molar-refractivity contribution in [3.8, 4) is 23.0 Å². The van der Waals surface area contributed by atoms with Gasteiger partial charge in [-0.25, -0.2) is 32.9 Å². The predicted molar refractivity (Wildman–Crippen MR) is 229 cm³/mol. The molecule has 2 N–H and O–H groups in total. The molecular formula is C44H38Cl2FN7O9. The van der Waals surface area contributed by atoms with Crippen molar-refractivity contribution in [3.63, 3.8) is 0 Å². The first-order valence-electron chi connectivity index (χ1n) is 19.7. The topological polar surface area (TPSA) is 181 Å². The third kappa shape index (κ3) is 6.31. The van der Waals surface area contributed by atoms with Crippen molar-refractivity contribution in [1.29, 1.82) is 0 Å². The van der Waals surface area contributed by atoms with E-state index >= 15 is 4.79 Å². The number of nitrogens with zero attached hydrogens (tertiary/aromatic N) is 6. The summed E-state index contributed by atoms with van der Waals surface area (Å²) in [6, 6.07) is 17.0. The van der Waals surface area contributed by atoms with E-state index in [1.54, 1.807) is 49.5 Å². The molecule has 0 spiro atoms. The lowest BCUT2D eigenvalue weighted by atomic mass is 9.53. The fourth-order valence-corrected chi connectivity index (χ4v) is 9.88. The minimum absolute atomic E-state index is 0.0110. The molecule has 4 heterocycles. The SMILES string of the molecule is COc1cc2nc(CCn3c(=O)n4n(c3=O)[C@@H]3C[C@H]5C(=O)N(Nc6ccc(F)cc6)C(=O)[C@@]5(c5ccc(Cl)cc5)[C@@H](c5cc(Cl)c(O)c(OC)c5)C3=CC4)c(=O)n(C)c2cc1OC. The van der Waals surface area contributed by atoms with Crippen molar-refractivity contribution in [2.45, 2.75) is 43.3 Å². The third-order valence-electron chi connectivity index (χ3n) is 12.4. The number of hydrogen-bond acceptors (Lipinski definition) is 11. The van der Waals surface area contributed by atoms with Gasteiger partial charge in [-0.1, -0.05) is 41.4 Å². The fraction of sp³-hybridized carbons (Fsp3) is 0.273. The second kappa shape index (κ2) is 15.5. The molecule has 2 aliphatic heterocycles. The Balaban J connectivity index is 1.19. The van der Waals surface area contributed by atoms with E-state index in [0.29, 0.717) is 44.3 Å².